The van der Waals surface area contributed by atoms with Crippen LogP contribution in [0.5, 0.6) is 0 Å². The molecule has 9 nitrogen and oxygen atoms in total. The fourth-order valence-corrected chi connectivity index (χ4v) is 4.58. The number of hydrogen-bond donors (Lipinski definition) is 1. The number of carbonyl (C=O) groups is 2. The summed E-state index contributed by atoms with van der Waals surface area (Å²) in [7, 11) is 3.54. The summed E-state index contributed by atoms with van der Waals surface area (Å²) in [6.07, 6.45) is 5.13. The van der Waals surface area contributed by atoms with Gasteiger partial charge < -0.3 is 24.8 Å². The number of carbonyl (C=O) groups excluding carboxylic acids is 2. The van der Waals surface area contributed by atoms with Gasteiger partial charge >= 0.3 is 6.03 Å². The Morgan fingerprint density at radius 2 is 1.81 bits per heavy atom. The Morgan fingerprint density at radius 3 is 2.38 bits per heavy atom. The number of hydrogen-bond acceptors (Lipinski definition) is 6. The van der Waals surface area contributed by atoms with Crippen molar-refractivity contribution in [3.63, 3.8) is 0 Å². The van der Waals surface area contributed by atoms with Crippen molar-refractivity contribution in [3.05, 3.63) is 42.0 Å². The molecule has 0 saturated carbocycles. The van der Waals surface area contributed by atoms with Crippen molar-refractivity contribution < 1.29 is 14.3 Å². The summed E-state index contributed by atoms with van der Waals surface area (Å²) in [5, 5.41) is 12.7. The molecule has 1 aromatic carbocycles. The minimum absolute atomic E-state index is 0.0446. The molecule has 0 bridgehead atoms. The van der Waals surface area contributed by atoms with E-state index in [1.807, 2.05) is 67.8 Å². The number of ether oxygens (including phenoxy) is 1. The van der Waals surface area contributed by atoms with Crippen LogP contribution in [0.3, 0.4) is 0 Å². The number of amides is 3. The second kappa shape index (κ2) is 12.4. The van der Waals surface area contributed by atoms with Crippen LogP contribution in [-0.2, 0) is 16.0 Å². The van der Waals surface area contributed by atoms with Gasteiger partial charge in [0.1, 0.15) is 12.8 Å². The molecule has 1 N–H and O–H groups in total. The van der Waals surface area contributed by atoms with Crippen LogP contribution in [0.25, 0.3) is 0 Å². The lowest BCUT2D eigenvalue weighted by Gasteiger charge is -2.38. The van der Waals surface area contributed by atoms with E-state index >= 15 is 0 Å². The molecule has 9 heteroatoms. The molecule has 2 heterocycles. The molecular formula is C28H42N6O3. The Hall–Kier alpha value is -3.09. The average Bonchev–Trinajstić information content (AvgIpc) is 2.86. The van der Waals surface area contributed by atoms with Crippen molar-refractivity contribution in [2.75, 3.05) is 51.9 Å². The Morgan fingerprint density at radius 1 is 1.16 bits per heavy atom. The molecule has 0 aliphatic carbocycles. The topological polar surface area (TPSA) is 92.1 Å². The van der Waals surface area contributed by atoms with Crippen LogP contribution in [0.1, 0.15) is 39.7 Å². The normalized spacial score (nSPS) is 21.3. The molecule has 0 radical (unpaired) electrons. The van der Waals surface area contributed by atoms with Crippen LogP contribution < -0.4 is 10.2 Å². The molecule has 37 heavy (non-hydrogen) atoms. The lowest BCUT2D eigenvalue weighted by molar-refractivity contribution is -0.135. The van der Waals surface area contributed by atoms with Crippen LogP contribution in [0.2, 0.25) is 0 Å². The first kappa shape index (κ1) is 28.5. The SMILES string of the molecule is C[C@H]1C=CC[C@@H](C(=O)NC(C#N)Cc2ccc(N3CCN(C(=O)N(C)C)CC3)cc2)N1COC(C)(C)C. The van der Waals surface area contributed by atoms with Gasteiger partial charge in [0, 0.05) is 58.4 Å². The van der Waals surface area contributed by atoms with Crippen LogP contribution in [0, 0.1) is 11.3 Å². The smallest absolute Gasteiger partial charge is 0.319 e. The fourth-order valence-electron chi connectivity index (χ4n) is 4.58. The van der Waals surface area contributed by atoms with Crippen molar-refractivity contribution >= 4 is 17.6 Å². The third-order valence-electron chi connectivity index (χ3n) is 6.79. The Bertz CT molecular complexity index is 987. The predicted molar refractivity (Wildman–Crippen MR) is 145 cm³/mol. The summed E-state index contributed by atoms with van der Waals surface area (Å²) in [5.41, 5.74) is 1.78. The number of rotatable bonds is 7. The van der Waals surface area contributed by atoms with E-state index in [9.17, 15) is 14.9 Å². The van der Waals surface area contributed by atoms with Gasteiger partial charge in [-0.3, -0.25) is 9.69 Å². The molecule has 0 aromatic heterocycles. The second-order valence-electron chi connectivity index (χ2n) is 11.0. The predicted octanol–water partition coefficient (Wildman–Crippen LogP) is 2.83. The fraction of sp³-hybridized carbons (Fsp3) is 0.607. The van der Waals surface area contributed by atoms with E-state index in [2.05, 4.69) is 22.4 Å². The summed E-state index contributed by atoms with van der Waals surface area (Å²) in [6.45, 7) is 11.3. The first-order valence-electron chi connectivity index (χ1n) is 13.0. The highest BCUT2D eigenvalue weighted by Gasteiger charge is 2.32. The van der Waals surface area contributed by atoms with Crippen molar-refractivity contribution in [2.45, 2.75) is 64.3 Å². The van der Waals surface area contributed by atoms with Gasteiger partial charge in [0.15, 0.2) is 0 Å². The maximum atomic E-state index is 13.2. The van der Waals surface area contributed by atoms with Gasteiger partial charge in [0.05, 0.1) is 17.7 Å². The highest BCUT2D eigenvalue weighted by Crippen LogP contribution is 2.21. The zero-order valence-electron chi connectivity index (χ0n) is 23.1. The first-order valence-corrected chi connectivity index (χ1v) is 13.0. The molecule has 2 aliphatic heterocycles. The third-order valence-corrected chi connectivity index (χ3v) is 6.79. The number of nitrogens with zero attached hydrogens (tertiary/aromatic N) is 5. The molecule has 3 amide bonds. The van der Waals surface area contributed by atoms with E-state index in [0.717, 1.165) is 24.3 Å². The van der Waals surface area contributed by atoms with E-state index in [0.29, 0.717) is 32.7 Å². The van der Waals surface area contributed by atoms with Crippen LogP contribution in [0.4, 0.5) is 10.5 Å². The highest BCUT2D eigenvalue weighted by atomic mass is 16.5. The molecule has 1 saturated heterocycles. The molecule has 3 rings (SSSR count). The zero-order chi connectivity index (χ0) is 27.2. The minimum Gasteiger partial charge on any atom is -0.368 e. The van der Waals surface area contributed by atoms with Gasteiger partial charge in [-0.25, -0.2) is 4.79 Å². The molecular weight excluding hydrogens is 468 g/mol. The number of benzene rings is 1. The Labute approximate surface area is 221 Å². The molecule has 0 spiro atoms. The second-order valence-corrected chi connectivity index (χ2v) is 11.0. The quantitative estimate of drug-likeness (QED) is 0.567. The van der Waals surface area contributed by atoms with Gasteiger partial charge in [-0.15, -0.1) is 0 Å². The molecule has 1 fully saturated rings. The number of anilines is 1. The Kier molecular flexibility index (Phi) is 9.57. The number of urea groups is 1. The number of nitrogens with one attached hydrogen (secondary N) is 1. The van der Waals surface area contributed by atoms with Gasteiger partial charge in [-0.1, -0.05) is 24.3 Å². The summed E-state index contributed by atoms with van der Waals surface area (Å²) in [6, 6.07) is 9.50. The van der Waals surface area contributed by atoms with Crippen molar-refractivity contribution in [2.24, 2.45) is 0 Å². The largest absolute Gasteiger partial charge is 0.368 e. The van der Waals surface area contributed by atoms with E-state index in [-0.39, 0.29) is 29.6 Å². The lowest BCUT2D eigenvalue weighted by atomic mass is 10.0. The van der Waals surface area contributed by atoms with E-state index in [1.54, 1.807) is 19.0 Å². The third kappa shape index (κ3) is 7.94. The maximum absolute atomic E-state index is 13.2. The summed E-state index contributed by atoms with van der Waals surface area (Å²) in [5.74, 6) is -0.151. The summed E-state index contributed by atoms with van der Waals surface area (Å²) < 4.78 is 5.96. The van der Waals surface area contributed by atoms with Crippen LogP contribution in [0.15, 0.2) is 36.4 Å². The highest BCUT2D eigenvalue weighted by molar-refractivity contribution is 5.83. The maximum Gasteiger partial charge on any atom is 0.319 e. The standard InChI is InChI=1S/C28H42N6O3/c1-21-8-7-9-25(34(21)20-37-28(2,3)4)26(35)30-23(19-29)18-22-10-12-24(13-11-22)32-14-16-33(17-15-32)27(36)31(5)6/h7-8,10-13,21,23,25H,9,14-18,20H2,1-6H3,(H,30,35)/t21-,23?,25-/m0/s1. The molecule has 202 valence electrons. The monoisotopic (exact) mass is 510 g/mol. The van der Waals surface area contributed by atoms with Gasteiger partial charge in [-0.05, 0) is 51.8 Å². The van der Waals surface area contributed by atoms with Gasteiger partial charge in [0.2, 0.25) is 5.91 Å². The lowest BCUT2D eigenvalue weighted by Crippen LogP contribution is -2.54. The molecule has 1 aromatic rings. The minimum atomic E-state index is -0.620. The van der Waals surface area contributed by atoms with Crippen molar-refractivity contribution in [1.29, 1.82) is 5.26 Å². The number of piperazine rings is 1. The molecule has 2 aliphatic rings. The summed E-state index contributed by atoms with van der Waals surface area (Å²) in [4.78, 5) is 33.1. The van der Waals surface area contributed by atoms with E-state index in [1.165, 1.54) is 0 Å². The van der Waals surface area contributed by atoms with E-state index < -0.39 is 6.04 Å². The first-order chi connectivity index (χ1) is 17.5. The molecule has 1 unspecified atom stereocenters. The van der Waals surface area contributed by atoms with Crippen LogP contribution in [-0.4, -0.2) is 97.4 Å². The number of nitriles is 1. The molecule has 3 atom stereocenters. The Balaban J connectivity index is 1.56. The van der Waals surface area contributed by atoms with Gasteiger partial charge in [0.25, 0.3) is 0 Å². The van der Waals surface area contributed by atoms with Gasteiger partial charge in [-0.2, -0.15) is 5.26 Å². The average molecular weight is 511 g/mol. The summed E-state index contributed by atoms with van der Waals surface area (Å²) >= 11 is 0. The zero-order valence-corrected chi connectivity index (χ0v) is 23.1. The van der Waals surface area contributed by atoms with Crippen molar-refractivity contribution in [3.8, 4) is 6.07 Å². The van der Waals surface area contributed by atoms with Crippen LogP contribution >= 0.6 is 0 Å². The van der Waals surface area contributed by atoms with E-state index in [4.69, 9.17) is 4.74 Å². The van der Waals surface area contributed by atoms with Crippen molar-refractivity contribution in [1.82, 2.24) is 20.0 Å².